The van der Waals surface area contributed by atoms with Crippen molar-refractivity contribution in [2.24, 2.45) is 0 Å². The molecule has 0 heterocycles. The summed E-state index contributed by atoms with van der Waals surface area (Å²) in [6, 6.07) is 0. The zero-order valence-electron chi connectivity index (χ0n) is 10.2. The van der Waals surface area contributed by atoms with Crippen LogP contribution in [0.4, 0.5) is 0 Å². The number of aliphatic hydroxyl groups is 1. The predicted octanol–water partition coefficient (Wildman–Crippen LogP) is 1.03. The number of nitrogens with zero attached hydrogens (tertiary/aromatic N) is 1. The van der Waals surface area contributed by atoms with Crippen LogP contribution in [0.3, 0.4) is 0 Å². The fourth-order valence-corrected chi connectivity index (χ4v) is 1.08. The van der Waals surface area contributed by atoms with E-state index in [1.54, 1.807) is 11.9 Å². The molecule has 90 valence electrons. The number of hydrogen-bond donors (Lipinski definition) is 1. The van der Waals surface area contributed by atoms with E-state index in [9.17, 15) is 4.79 Å². The van der Waals surface area contributed by atoms with Gasteiger partial charge >= 0.3 is 0 Å². The van der Waals surface area contributed by atoms with Crippen molar-refractivity contribution in [2.45, 2.75) is 39.2 Å². The third-order valence-electron chi connectivity index (χ3n) is 2.55. The second-order valence-corrected chi connectivity index (χ2v) is 4.22. The number of aliphatic hydroxyl groups excluding tert-OH is 1. The molecule has 0 aliphatic heterocycles. The number of likely N-dealkylation sites (N-methyl/N-ethyl adjacent to an activating group) is 1. The smallest absolute Gasteiger partial charge is 0.222 e. The molecule has 4 nitrogen and oxygen atoms in total. The minimum atomic E-state index is -0.483. The van der Waals surface area contributed by atoms with Crippen molar-refractivity contribution >= 4 is 5.91 Å². The Balaban J connectivity index is 3.89. The van der Waals surface area contributed by atoms with Crippen LogP contribution in [0.5, 0.6) is 0 Å². The third-order valence-corrected chi connectivity index (χ3v) is 2.55. The van der Waals surface area contributed by atoms with Crippen LogP contribution >= 0.6 is 0 Å². The van der Waals surface area contributed by atoms with Crippen LogP contribution in [0.1, 0.15) is 33.6 Å². The Labute approximate surface area is 92.2 Å². The lowest BCUT2D eigenvalue weighted by Gasteiger charge is -2.34. The molecule has 4 heteroatoms. The van der Waals surface area contributed by atoms with E-state index in [1.165, 1.54) is 0 Å². The zero-order valence-corrected chi connectivity index (χ0v) is 10.2. The van der Waals surface area contributed by atoms with E-state index >= 15 is 0 Å². The molecule has 0 aliphatic rings. The van der Waals surface area contributed by atoms with Crippen LogP contribution in [-0.4, -0.2) is 48.3 Å². The van der Waals surface area contributed by atoms with E-state index in [1.807, 2.05) is 20.8 Å². The van der Waals surface area contributed by atoms with Gasteiger partial charge in [-0.15, -0.1) is 0 Å². The van der Waals surface area contributed by atoms with E-state index in [0.29, 0.717) is 19.6 Å². The molecular weight excluding hydrogens is 194 g/mol. The molecule has 0 atom stereocenters. The molecule has 0 rings (SSSR count). The SMILES string of the molecule is CCOCCCC(=O)N(C)C(C)(C)CO. The Morgan fingerprint density at radius 3 is 2.53 bits per heavy atom. The lowest BCUT2D eigenvalue weighted by atomic mass is 10.0. The Hall–Kier alpha value is -0.610. The fraction of sp³-hybridized carbons (Fsp3) is 0.909. The van der Waals surface area contributed by atoms with Crippen LogP contribution in [0.15, 0.2) is 0 Å². The molecule has 0 aliphatic carbocycles. The lowest BCUT2D eigenvalue weighted by Crippen LogP contribution is -2.47. The van der Waals surface area contributed by atoms with Gasteiger partial charge in [0.15, 0.2) is 0 Å². The standard InChI is InChI=1S/C11H23NO3/c1-5-15-8-6-7-10(14)12(4)11(2,3)9-13/h13H,5-9H2,1-4H3. The molecule has 0 unspecified atom stereocenters. The highest BCUT2D eigenvalue weighted by molar-refractivity contribution is 5.76. The lowest BCUT2D eigenvalue weighted by molar-refractivity contribution is -0.136. The molecule has 0 aromatic heterocycles. The van der Waals surface area contributed by atoms with Crippen LogP contribution in [0.2, 0.25) is 0 Å². The first-order valence-electron chi connectivity index (χ1n) is 5.41. The molecule has 0 saturated heterocycles. The molecule has 15 heavy (non-hydrogen) atoms. The van der Waals surface area contributed by atoms with E-state index in [0.717, 1.165) is 6.42 Å². The van der Waals surface area contributed by atoms with Gasteiger partial charge in [0.1, 0.15) is 0 Å². The first-order chi connectivity index (χ1) is 6.95. The minimum Gasteiger partial charge on any atom is -0.394 e. The van der Waals surface area contributed by atoms with Crippen molar-refractivity contribution in [2.75, 3.05) is 26.9 Å². The molecular formula is C11H23NO3. The summed E-state index contributed by atoms with van der Waals surface area (Å²) >= 11 is 0. The maximum atomic E-state index is 11.7. The second kappa shape index (κ2) is 6.80. The summed E-state index contributed by atoms with van der Waals surface area (Å²) in [5.41, 5.74) is -0.483. The van der Waals surface area contributed by atoms with Gasteiger partial charge < -0.3 is 14.7 Å². The van der Waals surface area contributed by atoms with Gasteiger partial charge in [0.05, 0.1) is 12.1 Å². The summed E-state index contributed by atoms with van der Waals surface area (Å²) in [6.07, 6.45) is 1.21. The molecule has 0 bridgehead atoms. The number of hydrogen-bond acceptors (Lipinski definition) is 3. The monoisotopic (exact) mass is 217 g/mol. The summed E-state index contributed by atoms with van der Waals surface area (Å²) in [5.74, 6) is 0.0498. The van der Waals surface area contributed by atoms with E-state index in [4.69, 9.17) is 9.84 Å². The Kier molecular flexibility index (Phi) is 6.52. The first kappa shape index (κ1) is 14.4. The number of amides is 1. The van der Waals surface area contributed by atoms with Crippen molar-refractivity contribution in [3.63, 3.8) is 0 Å². The summed E-state index contributed by atoms with van der Waals surface area (Å²) < 4.78 is 5.16. The maximum Gasteiger partial charge on any atom is 0.222 e. The number of ether oxygens (including phenoxy) is 1. The predicted molar refractivity (Wildman–Crippen MR) is 59.7 cm³/mol. The van der Waals surface area contributed by atoms with Crippen LogP contribution in [0, 0.1) is 0 Å². The van der Waals surface area contributed by atoms with Gasteiger partial charge in [0.25, 0.3) is 0 Å². The van der Waals surface area contributed by atoms with Crippen LogP contribution in [-0.2, 0) is 9.53 Å². The Bertz CT molecular complexity index is 192. The summed E-state index contributed by atoms with van der Waals surface area (Å²) in [6.45, 7) is 6.90. The minimum absolute atomic E-state index is 0.0271. The van der Waals surface area contributed by atoms with Gasteiger partial charge in [-0.1, -0.05) is 0 Å². The van der Waals surface area contributed by atoms with Crippen molar-refractivity contribution in [3.05, 3.63) is 0 Å². The average molecular weight is 217 g/mol. The largest absolute Gasteiger partial charge is 0.394 e. The first-order valence-corrected chi connectivity index (χ1v) is 5.41. The molecule has 0 fully saturated rings. The maximum absolute atomic E-state index is 11.7. The molecule has 1 amide bonds. The average Bonchev–Trinajstić information content (AvgIpc) is 2.23. The van der Waals surface area contributed by atoms with Gasteiger partial charge in [-0.3, -0.25) is 4.79 Å². The van der Waals surface area contributed by atoms with E-state index in [-0.39, 0.29) is 12.5 Å². The van der Waals surface area contributed by atoms with Crippen molar-refractivity contribution in [1.82, 2.24) is 4.90 Å². The summed E-state index contributed by atoms with van der Waals surface area (Å²) in [4.78, 5) is 13.3. The van der Waals surface area contributed by atoms with Crippen molar-refractivity contribution in [3.8, 4) is 0 Å². The van der Waals surface area contributed by atoms with Crippen molar-refractivity contribution in [1.29, 1.82) is 0 Å². The topological polar surface area (TPSA) is 49.8 Å². The summed E-state index contributed by atoms with van der Waals surface area (Å²) in [7, 11) is 1.72. The fourth-order valence-electron chi connectivity index (χ4n) is 1.08. The number of rotatable bonds is 7. The van der Waals surface area contributed by atoms with Gasteiger partial charge in [-0.05, 0) is 27.2 Å². The number of carbonyl (C=O) groups excluding carboxylic acids is 1. The van der Waals surface area contributed by atoms with Gasteiger partial charge in [0.2, 0.25) is 5.91 Å². The van der Waals surface area contributed by atoms with Crippen molar-refractivity contribution < 1.29 is 14.6 Å². The molecule has 0 saturated carbocycles. The van der Waals surface area contributed by atoms with Gasteiger partial charge in [0, 0.05) is 26.7 Å². The van der Waals surface area contributed by atoms with Crippen LogP contribution < -0.4 is 0 Å². The highest BCUT2D eigenvalue weighted by Crippen LogP contribution is 2.12. The van der Waals surface area contributed by atoms with E-state index < -0.39 is 5.54 Å². The highest BCUT2D eigenvalue weighted by Gasteiger charge is 2.25. The highest BCUT2D eigenvalue weighted by atomic mass is 16.5. The van der Waals surface area contributed by atoms with Gasteiger partial charge in [-0.25, -0.2) is 0 Å². The molecule has 0 spiro atoms. The van der Waals surface area contributed by atoms with Crippen LogP contribution in [0.25, 0.3) is 0 Å². The van der Waals surface area contributed by atoms with Gasteiger partial charge in [-0.2, -0.15) is 0 Å². The Morgan fingerprint density at radius 1 is 1.47 bits per heavy atom. The quantitative estimate of drug-likeness (QED) is 0.648. The summed E-state index contributed by atoms with van der Waals surface area (Å²) in [5, 5.41) is 9.10. The second-order valence-electron chi connectivity index (χ2n) is 4.22. The zero-order chi connectivity index (χ0) is 11.9. The Morgan fingerprint density at radius 2 is 2.07 bits per heavy atom. The molecule has 0 radical (unpaired) electrons. The normalized spacial score (nSPS) is 11.5. The molecule has 0 aromatic rings. The third kappa shape index (κ3) is 5.14. The van der Waals surface area contributed by atoms with E-state index in [2.05, 4.69) is 0 Å². The number of carbonyl (C=O) groups is 1. The molecule has 0 aromatic carbocycles. The molecule has 1 N–H and O–H groups in total.